The molecule has 0 unspecified atom stereocenters. The molecule has 1 aromatic carbocycles. The van der Waals surface area contributed by atoms with E-state index in [1.807, 2.05) is 6.92 Å². The van der Waals surface area contributed by atoms with Gasteiger partial charge in [0, 0.05) is 10.9 Å². The molecule has 0 aliphatic rings. The maximum Gasteiger partial charge on any atom is 0.293 e. The third-order valence-corrected chi connectivity index (χ3v) is 4.55. The van der Waals surface area contributed by atoms with Gasteiger partial charge in [-0.15, -0.1) is 11.3 Å². The van der Waals surface area contributed by atoms with E-state index in [4.69, 9.17) is 9.15 Å². The smallest absolute Gasteiger partial charge is 0.293 e. The first kappa shape index (κ1) is 18.9. The van der Waals surface area contributed by atoms with Crippen LogP contribution in [0.1, 0.15) is 26.9 Å². The van der Waals surface area contributed by atoms with E-state index in [-0.39, 0.29) is 17.6 Å². The molecule has 0 bridgehead atoms. The largest absolute Gasteiger partial charge is 0.479 e. The number of ether oxygens (including phenoxy) is 1. The molecule has 0 saturated heterocycles. The first-order valence-corrected chi connectivity index (χ1v) is 8.37. The van der Waals surface area contributed by atoms with Crippen molar-refractivity contribution in [3.8, 4) is 5.75 Å². The molecule has 0 atom stereocenters. The van der Waals surface area contributed by atoms with E-state index < -0.39 is 41.5 Å². The van der Waals surface area contributed by atoms with Gasteiger partial charge in [0.2, 0.25) is 11.6 Å². The molecule has 3 rings (SSSR count). The number of carbonyl (C=O) groups is 1. The van der Waals surface area contributed by atoms with Crippen molar-refractivity contribution in [2.45, 2.75) is 20.5 Å². The number of anilines is 1. The van der Waals surface area contributed by atoms with Crippen LogP contribution in [0.4, 0.5) is 22.7 Å². The van der Waals surface area contributed by atoms with Crippen LogP contribution < -0.4 is 10.1 Å². The highest BCUT2D eigenvalue weighted by atomic mass is 32.1. The zero-order valence-corrected chi connectivity index (χ0v) is 14.8. The molecular formula is C17H12F4N2O3S. The van der Waals surface area contributed by atoms with Gasteiger partial charge in [0.25, 0.3) is 5.91 Å². The second-order valence-electron chi connectivity index (χ2n) is 5.47. The quantitative estimate of drug-likeness (QED) is 0.496. The van der Waals surface area contributed by atoms with Crippen LogP contribution in [0.15, 0.2) is 22.6 Å². The van der Waals surface area contributed by atoms with Gasteiger partial charge in [0.05, 0.1) is 5.69 Å². The highest BCUT2D eigenvalue weighted by Crippen LogP contribution is 2.27. The van der Waals surface area contributed by atoms with E-state index in [1.165, 1.54) is 23.5 Å². The summed E-state index contributed by atoms with van der Waals surface area (Å²) >= 11 is 1.29. The van der Waals surface area contributed by atoms with Crippen LogP contribution in [0, 0.1) is 37.1 Å². The van der Waals surface area contributed by atoms with Crippen LogP contribution in [0.25, 0.3) is 0 Å². The number of aryl methyl sites for hydroxylation is 2. The summed E-state index contributed by atoms with van der Waals surface area (Å²) in [4.78, 5) is 17.2. The monoisotopic (exact) mass is 400 g/mol. The summed E-state index contributed by atoms with van der Waals surface area (Å²) in [5, 5.41) is 2.95. The predicted molar refractivity (Wildman–Crippen MR) is 88.9 cm³/mol. The van der Waals surface area contributed by atoms with Crippen molar-refractivity contribution in [3.05, 3.63) is 63.6 Å². The summed E-state index contributed by atoms with van der Waals surface area (Å²) in [5.74, 6) is -8.34. The van der Waals surface area contributed by atoms with E-state index >= 15 is 0 Å². The highest BCUT2D eigenvalue weighted by Gasteiger charge is 2.21. The Kier molecular flexibility index (Phi) is 5.17. The Balaban J connectivity index is 1.69. The van der Waals surface area contributed by atoms with Gasteiger partial charge in [-0.2, -0.15) is 8.78 Å². The van der Waals surface area contributed by atoms with Crippen LogP contribution in [-0.2, 0) is 6.61 Å². The lowest BCUT2D eigenvalue weighted by molar-refractivity contribution is 0.0992. The van der Waals surface area contributed by atoms with Crippen molar-refractivity contribution in [2.75, 3.05) is 5.32 Å². The number of aromatic nitrogens is 1. The molecule has 10 heteroatoms. The number of hydrogen-bond acceptors (Lipinski definition) is 5. The number of hydrogen-bond donors (Lipinski definition) is 1. The number of rotatable bonds is 5. The van der Waals surface area contributed by atoms with Crippen LogP contribution in [0.2, 0.25) is 0 Å². The number of benzene rings is 1. The molecule has 0 aliphatic heterocycles. The first-order valence-electron chi connectivity index (χ1n) is 7.56. The van der Waals surface area contributed by atoms with Gasteiger partial charge >= 0.3 is 0 Å². The fourth-order valence-electron chi connectivity index (χ4n) is 2.08. The Morgan fingerprint density at radius 1 is 1.19 bits per heavy atom. The van der Waals surface area contributed by atoms with Crippen LogP contribution in [-0.4, -0.2) is 10.9 Å². The molecule has 0 fully saturated rings. The third-order valence-electron chi connectivity index (χ3n) is 3.56. The minimum Gasteiger partial charge on any atom is -0.479 e. The number of halogens is 4. The zero-order valence-electron chi connectivity index (χ0n) is 14.0. The number of furan rings is 1. The lowest BCUT2D eigenvalue weighted by Gasteiger charge is -2.08. The van der Waals surface area contributed by atoms with Crippen LogP contribution >= 0.6 is 11.3 Å². The summed E-state index contributed by atoms with van der Waals surface area (Å²) in [6.45, 7) is 3.12. The third kappa shape index (κ3) is 3.95. The lowest BCUT2D eigenvalue weighted by Crippen LogP contribution is -2.10. The molecular weight excluding hydrogens is 388 g/mol. The Hall–Kier alpha value is -2.88. The molecule has 5 nitrogen and oxygen atoms in total. The summed E-state index contributed by atoms with van der Waals surface area (Å²) in [5.41, 5.74) is 0.787. The van der Waals surface area contributed by atoms with E-state index in [2.05, 4.69) is 10.3 Å². The molecule has 2 aromatic heterocycles. The summed E-state index contributed by atoms with van der Waals surface area (Å²) in [7, 11) is 0. The first-order chi connectivity index (χ1) is 12.8. The summed E-state index contributed by atoms with van der Waals surface area (Å²) in [6.07, 6.45) is 0. The van der Waals surface area contributed by atoms with Gasteiger partial charge < -0.3 is 9.15 Å². The van der Waals surface area contributed by atoms with Crippen molar-refractivity contribution in [1.29, 1.82) is 0 Å². The molecule has 2 heterocycles. The molecule has 0 radical (unpaired) electrons. The number of thiazole rings is 1. The Labute approximate surface area is 154 Å². The van der Waals surface area contributed by atoms with Crippen molar-refractivity contribution in [2.24, 2.45) is 0 Å². The van der Waals surface area contributed by atoms with Gasteiger partial charge in [-0.05, 0) is 26.0 Å². The van der Waals surface area contributed by atoms with Gasteiger partial charge in [-0.1, -0.05) is 0 Å². The van der Waals surface area contributed by atoms with Crippen molar-refractivity contribution < 1.29 is 31.5 Å². The normalized spacial score (nSPS) is 10.9. The van der Waals surface area contributed by atoms with Crippen molar-refractivity contribution in [3.63, 3.8) is 0 Å². The van der Waals surface area contributed by atoms with E-state index in [0.29, 0.717) is 5.13 Å². The number of carbonyl (C=O) groups excluding carboxylic acids is 1. The Bertz CT molecular complexity index is 970. The maximum absolute atomic E-state index is 13.5. The summed E-state index contributed by atoms with van der Waals surface area (Å²) < 4.78 is 63.4. The summed E-state index contributed by atoms with van der Waals surface area (Å²) in [6, 6.07) is 2.73. The number of nitrogens with zero attached hydrogens (tertiary/aromatic N) is 1. The minimum absolute atomic E-state index is 0.0233. The van der Waals surface area contributed by atoms with Crippen molar-refractivity contribution >= 4 is 22.4 Å². The highest BCUT2D eigenvalue weighted by molar-refractivity contribution is 7.15. The molecule has 1 N–H and O–H groups in total. The number of amides is 1. The fourth-order valence-corrected chi connectivity index (χ4v) is 2.89. The molecule has 0 spiro atoms. The number of nitrogens with one attached hydrogen (secondary N) is 1. The van der Waals surface area contributed by atoms with Gasteiger partial charge in [0.15, 0.2) is 28.3 Å². The predicted octanol–water partition coefficient (Wildman–Crippen LogP) is 4.74. The minimum atomic E-state index is -1.66. The SMILES string of the molecule is Cc1nc(NC(=O)c2ccc(COc3c(F)c(F)cc(F)c3F)o2)sc1C. The molecule has 0 saturated carbocycles. The average Bonchev–Trinajstić information content (AvgIpc) is 3.20. The molecule has 27 heavy (non-hydrogen) atoms. The maximum atomic E-state index is 13.5. The van der Waals surface area contributed by atoms with E-state index in [9.17, 15) is 22.4 Å². The van der Waals surface area contributed by atoms with Gasteiger partial charge in [-0.25, -0.2) is 13.8 Å². The second-order valence-corrected chi connectivity index (χ2v) is 6.67. The molecule has 1 amide bonds. The molecule has 142 valence electrons. The standard InChI is InChI=1S/C17H12F4N2O3S/c1-7-8(2)27-17(22-7)23-16(24)12-4-3-9(26-12)6-25-15-13(20)10(18)5-11(19)14(15)21/h3-5H,6H2,1-2H3,(H,22,23,24). The molecule has 3 aromatic rings. The van der Waals surface area contributed by atoms with Gasteiger partial charge in [-0.3, -0.25) is 10.1 Å². The van der Waals surface area contributed by atoms with E-state index in [1.54, 1.807) is 6.92 Å². The van der Waals surface area contributed by atoms with E-state index in [0.717, 1.165) is 10.6 Å². The zero-order chi connectivity index (χ0) is 19.7. The van der Waals surface area contributed by atoms with Crippen molar-refractivity contribution in [1.82, 2.24) is 4.98 Å². The average molecular weight is 400 g/mol. The molecule has 0 aliphatic carbocycles. The Morgan fingerprint density at radius 2 is 1.85 bits per heavy atom. The van der Waals surface area contributed by atoms with Crippen LogP contribution in [0.3, 0.4) is 0 Å². The lowest BCUT2D eigenvalue weighted by atomic mass is 10.3. The fraction of sp³-hybridized carbons (Fsp3) is 0.176. The van der Waals surface area contributed by atoms with Crippen LogP contribution in [0.5, 0.6) is 5.75 Å². The second kappa shape index (κ2) is 7.39. The Morgan fingerprint density at radius 3 is 2.44 bits per heavy atom. The van der Waals surface area contributed by atoms with Gasteiger partial charge in [0.1, 0.15) is 12.4 Å². The topological polar surface area (TPSA) is 64.4 Å².